The van der Waals surface area contributed by atoms with E-state index in [2.05, 4.69) is 10.3 Å². The number of nitrogens with one attached hydrogen (secondary N) is 1. The molecule has 1 heterocycles. The number of sulfonamides is 1. The number of benzene rings is 2. The van der Waals surface area contributed by atoms with Crippen LogP contribution >= 0.6 is 11.8 Å². The van der Waals surface area contributed by atoms with E-state index in [4.69, 9.17) is 0 Å². The highest BCUT2D eigenvalue weighted by molar-refractivity contribution is 8.00. The van der Waals surface area contributed by atoms with Gasteiger partial charge in [0, 0.05) is 24.2 Å². The van der Waals surface area contributed by atoms with Crippen LogP contribution in [-0.2, 0) is 14.8 Å². The Morgan fingerprint density at radius 1 is 1.10 bits per heavy atom. The van der Waals surface area contributed by atoms with Crippen molar-refractivity contribution < 1.29 is 13.2 Å². The maximum atomic E-state index is 12.8. The topological polar surface area (TPSA) is 79.4 Å². The van der Waals surface area contributed by atoms with Gasteiger partial charge in [0.15, 0.2) is 0 Å². The molecule has 0 saturated heterocycles. The van der Waals surface area contributed by atoms with E-state index in [0.29, 0.717) is 18.6 Å². The lowest BCUT2D eigenvalue weighted by Crippen LogP contribution is -2.30. The number of fused-ring (bicyclic) bond motifs is 1. The summed E-state index contributed by atoms with van der Waals surface area (Å²) in [7, 11) is -3.53. The molecule has 8 heteroatoms. The number of carbonyl (C=O) groups excluding carboxylic acids is 1. The van der Waals surface area contributed by atoms with Gasteiger partial charge in [-0.25, -0.2) is 13.4 Å². The van der Waals surface area contributed by atoms with Crippen molar-refractivity contribution in [3.8, 4) is 0 Å². The summed E-state index contributed by atoms with van der Waals surface area (Å²) in [6.45, 7) is 8.26. The molecule has 0 bridgehead atoms. The molecule has 0 fully saturated rings. The van der Waals surface area contributed by atoms with Crippen LogP contribution in [0.25, 0.3) is 10.9 Å². The standard InChI is InChI=1S/C23H27N3O3S2/c1-5-26(6-2)31(28,29)19-12-13-21-20(15-19)16(3)14-22(25-21)30-17(4)23(27)24-18-10-8-7-9-11-18/h7-15,17H,5-6H2,1-4H3,(H,24,27). The molecule has 1 N–H and O–H groups in total. The molecule has 1 amide bonds. The second-order valence-corrected chi connectivity index (χ2v) is 10.5. The normalized spacial score (nSPS) is 12.8. The molecule has 1 aromatic heterocycles. The Morgan fingerprint density at radius 2 is 1.77 bits per heavy atom. The Kier molecular flexibility index (Phi) is 7.35. The number of rotatable bonds is 8. The molecule has 0 aliphatic rings. The summed E-state index contributed by atoms with van der Waals surface area (Å²) in [6.07, 6.45) is 0. The predicted octanol–water partition coefficient (Wildman–Crippen LogP) is 4.69. The largest absolute Gasteiger partial charge is 0.325 e. The molecule has 164 valence electrons. The highest BCUT2D eigenvalue weighted by atomic mass is 32.2. The monoisotopic (exact) mass is 457 g/mol. The molecule has 0 aliphatic carbocycles. The minimum Gasteiger partial charge on any atom is -0.325 e. The quantitative estimate of drug-likeness (QED) is 0.496. The van der Waals surface area contributed by atoms with E-state index in [-0.39, 0.29) is 16.1 Å². The fourth-order valence-electron chi connectivity index (χ4n) is 3.28. The van der Waals surface area contributed by atoms with Crippen LogP contribution in [0.3, 0.4) is 0 Å². The van der Waals surface area contributed by atoms with Gasteiger partial charge in [0.1, 0.15) is 0 Å². The Hall–Kier alpha value is -2.42. The van der Waals surface area contributed by atoms with Crippen molar-refractivity contribution in [2.75, 3.05) is 18.4 Å². The summed E-state index contributed by atoms with van der Waals surface area (Å²) in [5.74, 6) is -0.101. The van der Waals surface area contributed by atoms with Crippen molar-refractivity contribution >= 4 is 44.3 Å². The minimum absolute atomic E-state index is 0.101. The van der Waals surface area contributed by atoms with Gasteiger partial charge in [0.2, 0.25) is 15.9 Å². The van der Waals surface area contributed by atoms with E-state index in [9.17, 15) is 13.2 Å². The predicted molar refractivity (Wildman–Crippen MR) is 127 cm³/mol. The Bertz CT molecular complexity index is 1180. The van der Waals surface area contributed by atoms with Crippen molar-refractivity contribution in [2.45, 2.75) is 42.9 Å². The van der Waals surface area contributed by atoms with Crippen LogP contribution in [0.5, 0.6) is 0 Å². The summed E-state index contributed by atoms with van der Waals surface area (Å²) in [4.78, 5) is 17.4. The van der Waals surface area contributed by atoms with Gasteiger partial charge < -0.3 is 5.32 Å². The van der Waals surface area contributed by atoms with Crippen LogP contribution in [0.1, 0.15) is 26.3 Å². The van der Waals surface area contributed by atoms with Crippen molar-refractivity contribution in [3.63, 3.8) is 0 Å². The smallest absolute Gasteiger partial charge is 0.243 e. The number of nitrogens with zero attached hydrogens (tertiary/aromatic N) is 2. The fourth-order valence-corrected chi connectivity index (χ4v) is 5.68. The third-order valence-electron chi connectivity index (χ3n) is 5.01. The molecule has 6 nitrogen and oxygen atoms in total. The molecular formula is C23H27N3O3S2. The van der Waals surface area contributed by atoms with E-state index in [1.165, 1.54) is 16.1 Å². The third kappa shape index (κ3) is 5.26. The van der Waals surface area contributed by atoms with Gasteiger partial charge in [-0.3, -0.25) is 4.79 Å². The first-order valence-corrected chi connectivity index (χ1v) is 12.5. The van der Waals surface area contributed by atoms with E-state index in [1.807, 2.05) is 64.1 Å². The first kappa shape index (κ1) is 23.2. The van der Waals surface area contributed by atoms with Crippen molar-refractivity contribution in [1.82, 2.24) is 9.29 Å². The molecular weight excluding hydrogens is 430 g/mol. The highest BCUT2D eigenvalue weighted by Gasteiger charge is 2.22. The average Bonchev–Trinajstić information content (AvgIpc) is 2.74. The van der Waals surface area contributed by atoms with Gasteiger partial charge in [-0.1, -0.05) is 43.8 Å². The molecule has 3 aromatic rings. The number of pyridine rings is 1. The van der Waals surface area contributed by atoms with Crippen LogP contribution in [0.2, 0.25) is 0 Å². The third-order valence-corrected chi connectivity index (χ3v) is 8.08. The molecule has 0 spiro atoms. The second kappa shape index (κ2) is 9.80. The lowest BCUT2D eigenvalue weighted by molar-refractivity contribution is -0.115. The van der Waals surface area contributed by atoms with E-state index in [1.54, 1.807) is 18.2 Å². The molecule has 2 aromatic carbocycles. The number of carbonyl (C=O) groups is 1. The van der Waals surface area contributed by atoms with Crippen LogP contribution in [0.4, 0.5) is 5.69 Å². The molecule has 1 atom stereocenters. The second-order valence-electron chi connectivity index (χ2n) is 7.16. The summed E-state index contributed by atoms with van der Waals surface area (Å²) >= 11 is 1.37. The number of anilines is 1. The van der Waals surface area contributed by atoms with Gasteiger partial charge in [-0.05, 0) is 55.8 Å². The maximum absolute atomic E-state index is 12.8. The number of thioether (sulfide) groups is 1. The summed E-state index contributed by atoms with van der Waals surface area (Å²) in [5, 5.41) is 4.07. The van der Waals surface area contributed by atoms with Gasteiger partial charge in [0.25, 0.3) is 0 Å². The van der Waals surface area contributed by atoms with Crippen LogP contribution in [-0.4, -0.2) is 42.0 Å². The van der Waals surface area contributed by atoms with Gasteiger partial charge in [0.05, 0.1) is 20.7 Å². The van der Waals surface area contributed by atoms with E-state index >= 15 is 0 Å². The van der Waals surface area contributed by atoms with Crippen molar-refractivity contribution in [2.24, 2.45) is 0 Å². The highest BCUT2D eigenvalue weighted by Crippen LogP contribution is 2.29. The Morgan fingerprint density at radius 3 is 2.42 bits per heavy atom. The first-order chi connectivity index (χ1) is 14.8. The van der Waals surface area contributed by atoms with Crippen molar-refractivity contribution in [1.29, 1.82) is 0 Å². The lowest BCUT2D eigenvalue weighted by Gasteiger charge is -2.19. The SMILES string of the molecule is CCN(CC)S(=O)(=O)c1ccc2nc(SC(C)C(=O)Nc3ccccc3)cc(C)c2c1. The summed E-state index contributed by atoms with van der Waals surface area (Å²) in [6, 6.07) is 16.2. The number of aromatic nitrogens is 1. The zero-order chi connectivity index (χ0) is 22.6. The lowest BCUT2D eigenvalue weighted by atomic mass is 10.1. The minimum atomic E-state index is -3.53. The summed E-state index contributed by atoms with van der Waals surface area (Å²) < 4.78 is 27.1. The molecule has 0 aliphatic heterocycles. The molecule has 0 saturated carbocycles. The van der Waals surface area contributed by atoms with Gasteiger partial charge in [-0.15, -0.1) is 0 Å². The Labute approximate surface area is 188 Å². The van der Waals surface area contributed by atoms with Gasteiger partial charge >= 0.3 is 0 Å². The molecule has 1 unspecified atom stereocenters. The molecule has 0 radical (unpaired) electrons. The Balaban J connectivity index is 1.83. The van der Waals surface area contributed by atoms with E-state index < -0.39 is 10.0 Å². The van der Waals surface area contributed by atoms with E-state index in [0.717, 1.165) is 21.7 Å². The zero-order valence-electron chi connectivity index (χ0n) is 18.1. The van der Waals surface area contributed by atoms with Crippen LogP contribution < -0.4 is 5.32 Å². The first-order valence-electron chi connectivity index (χ1n) is 10.2. The van der Waals surface area contributed by atoms with Gasteiger partial charge in [-0.2, -0.15) is 4.31 Å². The number of hydrogen-bond donors (Lipinski definition) is 1. The summed E-state index contributed by atoms with van der Waals surface area (Å²) in [5.41, 5.74) is 2.38. The molecule has 31 heavy (non-hydrogen) atoms. The van der Waals surface area contributed by atoms with Crippen molar-refractivity contribution in [3.05, 3.63) is 60.2 Å². The fraction of sp³-hybridized carbons (Fsp3) is 0.304. The number of amides is 1. The molecule has 3 rings (SSSR count). The number of aryl methyl sites for hydroxylation is 1. The van der Waals surface area contributed by atoms with Crippen LogP contribution in [0, 0.1) is 6.92 Å². The number of hydrogen-bond acceptors (Lipinski definition) is 5. The van der Waals surface area contributed by atoms with Crippen LogP contribution in [0.15, 0.2) is 64.5 Å². The maximum Gasteiger partial charge on any atom is 0.243 e. The number of para-hydroxylation sites is 1. The zero-order valence-corrected chi connectivity index (χ0v) is 19.8. The average molecular weight is 458 g/mol.